The molecule has 0 saturated carbocycles. The summed E-state index contributed by atoms with van der Waals surface area (Å²) >= 11 is 1.91. The second-order valence-electron chi connectivity index (χ2n) is 6.30. The number of nitrogens with zero attached hydrogens (tertiary/aromatic N) is 2. The molecule has 5 nitrogen and oxygen atoms in total. The number of carbonyl (C=O) groups is 1. The zero-order valence-corrected chi connectivity index (χ0v) is 15.0. The molecule has 0 radical (unpaired) electrons. The number of anilines is 1. The maximum atomic E-state index is 12.2. The Morgan fingerprint density at radius 3 is 2.96 bits per heavy atom. The zero-order chi connectivity index (χ0) is 16.9. The molecule has 2 heterocycles. The molecule has 6 heteroatoms. The molecule has 3 rings (SSSR count). The van der Waals surface area contributed by atoms with Crippen molar-refractivity contribution >= 4 is 23.5 Å². The van der Waals surface area contributed by atoms with Gasteiger partial charge in [-0.05, 0) is 56.2 Å². The molecule has 2 amide bonds. The third-order valence-corrected chi connectivity index (χ3v) is 5.33. The quantitative estimate of drug-likeness (QED) is 0.891. The van der Waals surface area contributed by atoms with E-state index in [1.54, 1.807) is 0 Å². The average Bonchev–Trinajstić information content (AvgIpc) is 2.86. The van der Waals surface area contributed by atoms with Crippen molar-refractivity contribution in [2.75, 3.05) is 16.8 Å². The number of carbonyl (C=O) groups excluding carboxylic acids is 1. The normalized spacial score (nSPS) is 17.5. The Balaban J connectivity index is 1.60. The van der Waals surface area contributed by atoms with Crippen LogP contribution in [0.3, 0.4) is 0 Å². The molecule has 1 aliphatic heterocycles. The van der Waals surface area contributed by atoms with Crippen molar-refractivity contribution in [2.45, 2.75) is 39.3 Å². The summed E-state index contributed by atoms with van der Waals surface area (Å²) in [7, 11) is 0. The van der Waals surface area contributed by atoms with Crippen molar-refractivity contribution in [1.82, 2.24) is 15.1 Å². The molecule has 0 unspecified atom stereocenters. The predicted molar refractivity (Wildman–Crippen MR) is 99.7 cm³/mol. The van der Waals surface area contributed by atoms with Crippen LogP contribution in [0.4, 0.5) is 10.5 Å². The van der Waals surface area contributed by atoms with Crippen molar-refractivity contribution in [2.24, 2.45) is 0 Å². The zero-order valence-electron chi connectivity index (χ0n) is 14.2. The number of nitrogens with one attached hydrogen (secondary N) is 2. The van der Waals surface area contributed by atoms with Gasteiger partial charge in [0.15, 0.2) is 0 Å². The minimum absolute atomic E-state index is 0.120. The van der Waals surface area contributed by atoms with E-state index >= 15 is 0 Å². The van der Waals surface area contributed by atoms with Crippen molar-refractivity contribution in [3.8, 4) is 0 Å². The van der Waals surface area contributed by atoms with Gasteiger partial charge < -0.3 is 10.6 Å². The molecule has 24 heavy (non-hydrogen) atoms. The van der Waals surface area contributed by atoms with Gasteiger partial charge in [0, 0.05) is 23.2 Å². The summed E-state index contributed by atoms with van der Waals surface area (Å²) in [6.45, 7) is 4.75. The van der Waals surface area contributed by atoms with E-state index in [2.05, 4.69) is 34.8 Å². The summed E-state index contributed by atoms with van der Waals surface area (Å²) in [4.78, 5) is 12.2. The van der Waals surface area contributed by atoms with Gasteiger partial charge >= 0.3 is 6.03 Å². The van der Waals surface area contributed by atoms with Crippen LogP contribution in [0.1, 0.15) is 29.8 Å². The molecule has 0 aliphatic carbocycles. The van der Waals surface area contributed by atoms with Crippen molar-refractivity contribution in [1.29, 1.82) is 0 Å². The fraction of sp³-hybridized carbons (Fsp3) is 0.444. The van der Waals surface area contributed by atoms with E-state index in [1.165, 1.54) is 12.2 Å². The highest BCUT2D eigenvalue weighted by Crippen LogP contribution is 2.17. The standard InChI is InChI=1S/C18H24N4OS/c1-13-9-14(2)22(21-13)11-15-5-3-6-16(10-15)19-18(23)20-17-7-4-8-24-12-17/h3,5-6,9-10,17H,4,7-8,11-12H2,1-2H3,(H2,19,20,23)/t17-/m1/s1. The summed E-state index contributed by atoms with van der Waals surface area (Å²) in [6, 6.07) is 10.2. The first-order chi connectivity index (χ1) is 11.6. The third-order valence-electron chi connectivity index (χ3n) is 4.12. The smallest absolute Gasteiger partial charge is 0.319 e. The number of hydrogen-bond acceptors (Lipinski definition) is 3. The Hall–Kier alpha value is -1.95. The minimum Gasteiger partial charge on any atom is -0.334 e. The molecule has 128 valence electrons. The molecule has 2 aromatic rings. The molecule has 0 spiro atoms. The molecule has 1 aromatic carbocycles. The largest absolute Gasteiger partial charge is 0.334 e. The number of hydrogen-bond donors (Lipinski definition) is 2. The second-order valence-corrected chi connectivity index (χ2v) is 7.45. The van der Waals surface area contributed by atoms with E-state index < -0.39 is 0 Å². The highest BCUT2D eigenvalue weighted by molar-refractivity contribution is 7.99. The van der Waals surface area contributed by atoms with Crippen LogP contribution in [-0.2, 0) is 6.54 Å². The average molecular weight is 344 g/mol. The SMILES string of the molecule is Cc1cc(C)n(Cc2cccc(NC(=O)N[C@@H]3CCCSC3)c2)n1. The Kier molecular flexibility index (Phi) is 5.45. The summed E-state index contributed by atoms with van der Waals surface area (Å²) < 4.78 is 1.98. The van der Waals surface area contributed by atoms with Gasteiger partial charge in [0.2, 0.25) is 0 Å². The van der Waals surface area contributed by atoms with Gasteiger partial charge in [0.25, 0.3) is 0 Å². The van der Waals surface area contributed by atoms with E-state index in [9.17, 15) is 4.79 Å². The van der Waals surface area contributed by atoms with Gasteiger partial charge in [0.1, 0.15) is 0 Å². The molecule has 1 aliphatic rings. The Morgan fingerprint density at radius 1 is 1.38 bits per heavy atom. The predicted octanol–water partition coefficient (Wildman–Crippen LogP) is 3.57. The molecular weight excluding hydrogens is 320 g/mol. The number of thioether (sulfide) groups is 1. The molecular formula is C18H24N4OS. The highest BCUT2D eigenvalue weighted by atomic mass is 32.2. The third kappa shape index (κ3) is 4.54. The van der Waals surface area contributed by atoms with Gasteiger partial charge in [0.05, 0.1) is 12.2 Å². The first-order valence-corrected chi connectivity index (χ1v) is 9.51. The lowest BCUT2D eigenvalue weighted by molar-refractivity contribution is 0.248. The lowest BCUT2D eigenvalue weighted by Crippen LogP contribution is -2.40. The summed E-state index contributed by atoms with van der Waals surface area (Å²) in [6.07, 6.45) is 2.24. The molecule has 0 bridgehead atoms. The Bertz CT molecular complexity index is 707. The van der Waals surface area contributed by atoms with Crippen molar-refractivity contribution < 1.29 is 4.79 Å². The topological polar surface area (TPSA) is 59.0 Å². The second kappa shape index (κ2) is 7.75. The van der Waals surface area contributed by atoms with Gasteiger partial charge in [-0.3, -0.25) is 4.68 Å². The van der Waals surface area contributed by atoms with Crippen LogP contribution in [0.15, 0.2) is 30.3 Å². The molecule has 1 aromatic heterocycles. The highest BCUT2D eigenvalue weighted by Gasteiger charge is 2.16. The monoisotopic (exact) mass is 344 g/mol. The van der Waals surface area contributed by atoms with Crippen molar-refractivity contribution in [3.63, 3.8) is 0 Å². The van der Waals surface area contributed by atoms with E-state index in [4.69, 9.17) is 0 Å². The van der Waals surface area contributed by atoms with Crippen LogP contribution in [0, 0.1) is 13.8 Å². The number of amides is 2. The molecule has 2 N–H and O–H groups in total. The first kappa shape index (κ1) is 16.9. The Labute approximate surface area is 147 Å². The number of aryl methyl sites for hydroxylation is 2. The van der Waals surface area contributed by atoms with Crippen LogP contribution in [0.2, 0.25) is 0 Å². The summed E-state index contributed by atoms with van der Waals surface area (Å²) in [5.74, 6) is 2.21. The van der Waals surface area contributed by atoms with Crippen LogP contribution in [0.5, 0.6) is 0 Å². The summed E-state index contributed by atoms with van der Waals surface area (Å²) in [5, 5.41) is 10.5. The Morgan fingerprint density at radius 2 is 2.25 bits per heavy atom. The van der Waals surface area contributed by atoms with E-state index in [0.29, 0.717) is 6.54 Å². The fourth-order valence-electron chi connectivity index (χ4n) is 2.96. The molecule has 1 fully saturated rings. The van der Waals surface area contributed by atoms with Crippen LogP contribution < -0.4 is 10.6 Å². The first-order valence-electron chi connectivity index (χ1n) is 8.35. The number of urea groups is 1. The van der Waals surface area contributed by atoms with Gasteiger partial charge in [-0.1, -0.05) is 12.1 Å². The van der Waals surface area contributed by atoms with Gasteiger partial charge in [-0.15, -0.1) is 0 Å². The minimum atomic E-state index is -0.120. The van der Waals surface area contributed by atoms with Crippen LogP contribution >= 0.6 is 11.8 Å². The van der Waals surface area contributed by atoms with Gasteiger partial charge in [-0.2, -0.15) is 16.9 Å². The number of benzene rings is 1. The molecule has 1 saturated heterocycles. The summed E-state index contributed by atoms with van der Waals surface area (Å²) in [5.41, 5.74) is 4.09. The lowest BCUT2D eigenvalue weighted by atomic mass is 10.2. The maximum Gasteiger partial charge on any atom is 0.319 e. The maximum absolute atomic E-state index is 12.2. The van der Waals surface area contributed by atoms with Gasteiger partial charge in [-0.25, -0.2) is 4.79 Å². The van der Waals surface area contributed by atoms with Crippen LogP contribution in [-0.4, -0.2) is 33.4 Å². The number of aromatic nitrogens is 2. The van der Waals surface area contributed by atoms with E-state index in [-0.39, 0.29) is 12.1 Å². The lowest BCUT2D eigenvalue weighted by Gasteiger charge is -2.22. The van der Waals surface area contributed by atoms with Crippen molar-refractivity contribution in [3.05, 3.63) is 47.3 Å². The van der Waals surface area contributed by atoms with E-state index in [1.807, 2.05) is 41.6 Å². The van der Waals surface area contributed by atoms with E-state index in [0.717, 1.165) is 34.8 Å². The van der Waals surface area contributed by atoms with Crippen LogP contribution in [0.25, 0.3) is 0 Å². The fourth-order valence-corrected chi connectivity index (χ4v) is 4.03. The molecule has 1 atom stereocenters. The number of rotatable bonds is 4.